The molecule has 0 fully saturated rings. The molecule has 0 spiro atoms. The smallest absolute Gasteiger partial charge is 0.0847 e. The van der Waals surface area contributed by atoms with Gasteiger partial charge in [0.1, 0.15) is 0 Å². The van der Waals surface area contributed by atoms with E-state index in [1.54, 1.807) is 0 Å². The highest BCUT2D eigenvalue weighted by atomic mass is 35.5. The van der Waals surface area contributed by atoms with E-state index in [-0.39, 0.29) is 6.04 Å². The van der Waals surface area contributed by atoms with Crippen molar-refractivity contribution in [2.45, 2.75) is 53.1 Å². The first kappa shape index (κ1) is 16.4. The molecule has 21 heavy (non-hydrogen) atoms. The van der Waals surface area contributed by atoms with Gasteiger partial charge in [0.2, 0.25) is 0 Å². The van der Waals surface area contributed by atoms with Crippen molar-refractivity contribution < 1.29 is 0 Å². The summed E-state index contributed by atoms with van der Waals surface area (Å²) >= 11 is 7.89. The molecule has 0 aliphatic carbocycles. The Labute approximate surface area is 134 Å². The summed E-state index contributed by atoms with van der Waals surface area (Å²) in [6, 6.07) is 0.184. The van der Waals surface area contributed by atoms with Crippen LogP contribution in [-0.4, -0.2) is 25.9 Å². The highest BCUT2D eigenvalue weighted by Gasteiger charge is 2.22. The Hall–Kier alpha value is -0.980. The first-order valence-corrected chi connectivity index (χ1v) is 8.47. The molecule has 1 atom stereocenters. The number of nitrogens with one attached hydrogen (secondary N) is 1. The number of hydrogen-bond acceptors (Lipinski definition) is 5. The minimum Gasteiger partial charge on any atom is -0.309 e. The number of nitrogens with zero attached hydrogens (tertiary/aromatic N) is 4. The lowest BCUT2D eigenvalue weighted by molar-refractivity contribution is 0.506. The van der Waals surface area contributed by atoms with Gasteiger partial charge in [-0.1, -0.05) is 23.0 Å². The Morgan fingerprint density at radius 2 is 2.05 bits per heavy atom. The van der Waals surface area contributed by atoms with Crippen molar-refractivity contribution in [2.75, 3.05) is 6.54 Å². The zero-order chi connectivity index (χ0) is 15.4. The van der Waals surface area contributed by atoms with Gasteiger partial charge in [-0.05, 0) is 45.3 Å². The van der Waals surface area contributed by atoms with Gasteiger partial charge in [0.05, 0.1) is 33.0 Å². The van der Waals surface area contributed by atoms with E-state index >= 15 is 0 Å². The molecular formula is C14H22ClN5S. The molecule has 0 aromatic carbocycles. The lowest BCUT2D eigenvalue weighted by Gasteiger charge is -2.18. The normalized spacial score (nSPS) is 12.8. The third kappa shape index (κ3) is 3.62. The maximum atomic E-state index is 6.43. The molecule has 2 aromatic heterocycles. The van der Waals surface area contributed by atoms with Crippen LogP contribution >= 0.6 is 23.1 Å². The van der Waals surface area contributed by atoms with E-state index in [4.69, 9.17) is 11.6 Å². The average molecular weight is 328 g/mol. The molecule has 0 aliphatic heterocycles. The van der Waals surface area contributed by atoms with Gasteiger partial charge in [-0.25, -0.2) is 0 Å². The van der Waals surface area contributed by atoms with E-state index in [0.717, 1.165) is 48.0 Å². The van der Waals surface area contributed by atoms with Gasteiger partial charge >= 0.3 is 0 Å². The van der Waals surface area contributed by atoms with Crippen LogP contribution in [0.3, 0.4) is 0 Å². The fourth-order valence-electron chi connectivity index (χ4n) is 2.39. The van der Waals surface area contributed by atoms with E-state index in [0.29, 0.717) is 0 Å². The monoisotopic (exact) mass is 327 g/mol. The van der Waals surface area contributed by atoms with Gasteiger partial charge in [-0.15, -0.1) is 5.10 Å². The second-order valence-corrected chi connectivity index (χ2v) is 6.26. The van der Waals surface area contributed by atoms with Crippen LogP contribution in [-0.2, 0) is 13.0 Å². The van der Waals surface area contributed by atoms with Crippen molar-refractivity contribution in [1.82, 2.24) is 24.7 Å². The zero-order valence-corrected chi connectivity index (χ0v) is 14.6. The van der Waals surface area contributed by atoms with Crippen LogP contribution in [0.15, 0.2) is 0 Å². The fourth-order valence-corrected chi connectivity index (χ4v) is 3.32. The lowest BCUT2D eigenvalue weighted by atomic mass is 10.1. The van der Waals surface area contributed by atoms with Gasteiger partial charge in [-0.2, -0.15) is 5.10 Å². The molecule has 0 saturated heterocycles. The molecule has 2 aromatic rings. The van der Waals surface area contributed by atoms with Crippen LogP contribution in [0.2, 0.25) is 5.02 Å². The maximum Gasteiger partial charge on any atom is 0.0847 e. The predicted molar refractivity (Wildman–Crippen MR) is 87.0 cm³/mol. The molecule has 5 nitrogen and oxygen atoms in total. The van der Waals surface area contributed by atoms with Crippen LogP contribution in [0.4, 0.5) is 0 Å². The molecule has 2 rings (SSSR count). The number of rotatable bonds is 7. The molecule has 0 radical (unpaired) electrons. The third-order valence-electron chi connectivity index (χ3n) is 3.49. The number of aryl methyl sites for hydroxylation is 3. The Morgan fingerprint density at radius 1 is 1.29 bits per heavy atom. The number of hydrogen-bond donors (Lipinski definition) is 1. The van der Waals surface area contributed by atoms with Crippen LogP contribution in [0.1, 0.15) is 48.3 Å². The van der Waals surface area contributed by atoms with E-state index in [9.17, 15) is 0 Å². The summed E-state index contributed by atoms with van der Waals surface area (Å²) in [5.74, 6) is 0. The minimum atomic E-state index is 0.184. The number of aromatic nitrogens is 4. The third-order valence-corrected chi connectivity index (χ3v) is 4.93. The number of halogens is 1. The first-order chi connectivity index (χ1) is 10.1. The Balaban J connectivity index is 2.29. The standard InChI is InChI=1S/C14H22ClN5S/c1-5-7-16-11(14-10(4)17-19-21-14)8-12-13(15)9(3)18-20(12)6-2/h11,16H,5-8H2,1-4H3. The van der Waals surface area contributed by atoms with Gasteiger partial charge in [0.25, 0.3) is 0 Å². The second kappa shape index (κ2) is 7.33. The van der Waals surface area contributed by atoms with Crippen molar-refractivity contribution >= 4 is 23.1 Å². The van der Waals surface area contributed by atoms with Crippen molar-refractivity contribution in [3.8, 4) is 0 Å². The van der Waals surface area contributed by atoms with Crippen LogP contribution in [0, 0.1) is 13.8 Å². The van der Waals surface area contributed by atoms with Crippen molar-refractivity contribution in [1.29, 1.82) is 0 Å². The maximum absolute atomic E-state index is 6.43. The van der Waals surface area contributed by atoms with E-state index in [1.807, 2.05) is 18.5 Å². The Bertz CT molecular complexity index is 592. The van der Waals surface area contributed by atoms with E-state index in [2.05, 4.69) is 33.8 Å². The molecule has 1 unspecified atom stereocenters. The molecule has 1 N–H and O–H groups in total. The van der Waals surface area contributed by atoms with E-state index in [1.165, 1.54) is 16.4 Å². The Morgan fingerprint density at radius 3 is 2.62 bits per heavy atom. The minimum absolute atomic E-state index is 0.184. The summed E-state index contributed by atoms with van der Waals surface area (Å²) in [5, 5.41) is 13.0. The summed E-state index contributed by atoms with van der Waals surface area (Å²) in [6.45, 7) is 9.98. The Kier molecular flexibility index (Phi) is 5.72. The van der Waals surface area contributed by atoms with Crippen molar-refractivity contribution in [2.24, 2.45) is 0 Å². The summed E-state index contributed by atoms with van der Waals surface area (Å²) < 4.78 is 6.05. The molecular weight excluding hydrogens is 306 g/mol. The van der Waals surface area contributed by atoms with Crippen LogP contribution in [0.5, 0.6) is 0 Å². The molecule has 0 saturated carbocycles. The SMILES string of the molecule is CCCNC(Cc1c(Cl)c(C)nn1CC)c1snnc1C. The van der Waals surface area contributed by atoms with Gasteiger partial charge in [0.15, 0.2) is 0 Å². The summed E-state index contributed by atoms with van der Waals surface area (Å²) in [5.41, 5.74) is 2.96. The van der Waals surface area contributed by atoms with Gasteiger partial charge in [-0.3, -0.25) is 4.68 Å². The first-order valence-electron chi connectivity index (χ1n) is 7.32. The highest BCUT2D eigenvalue weighted by molar-refractivity contribution is 7.05. The fraction of sp³-hybridized carbons (Fsp3) is 0.643. The molecule has 116 valence electrons. The van der Waals surface area contributed by atoms with E-state index < -0.39 is 0 Å². The van der Waals surface area contributed by atoms with Gasteiger partial charge < -0.3 is 5.32 Å². The molecule has 7 heteroatoms. The zero-order valence-electron chi connectivity index (χ0n) is 13.0. The summed E-state index contributed by atoms with van der Waals surface area (Å²) in [7, 11) is 0. The van der Waals surface area contributed by atoms with Crippen LogP contribution < -0.4 is 5.32 Å². The highest BCUT2D eigenvalue weighted by Crippen LogP contribution is 2.28. The van der Waals surface area contributed by atoms with Crippen molar-refractivity contribution in [3.05, 3.63) is 27.0 Å². The predicted octanol–water partition coefficient (Wildman–Crippen LogP) is 3.31. The second-order valence-electron chi connectivity index (χ2n) is 5.10. The van der Waals surface area contributed by atoms with Crippen LogP contribution in [0.25, 0.3) is 0 Å². The quantitative estimate of drug-likeness (QED) is 0.847. The largest absolute Gasteiger partial charge is 0.309 e. The molecule has 0 aliphatic rings. The molecule has 2 heterocycles. The van der Waals surface area contributed by atoms with Gasteiger partial charge in [0, 0.05) is 13.0 Å². The van der Waals surface area contributed by atoms with Crippen molar-refractivity contribution in [3.63, 3.8) is 0 Å². The lowest BCUT2D eigenvalue weighted by Crippen LogP contribution is -2.25. The topological polar surface area (TPSA) is 55.6 Å². The summed E-state index contributed by atoms with van der Waals surface area (Å²) in [6.07, 6.45) is 1.89. The molecule has 0 bridgehead atoms. The molecule has 0 amide bonds. The summed E-state index contributed by atoms with van der Waals surface area (Å²) in [4.78, 5) is 1.18. The average Bonchev–Trinajstić information content (AvgIpc) is 3.01.